The molecule has 0 saturated heterocycles. The second-order valence-corrected chi connectivity index (χ2v) is 4.41. The van der Waals surface area contributed by atoms with Gasteiger partial charge in [0.25, 0.3) is 0 Å². The Kier molecular flexibility index (Phi) is 5.14. The van der Waals surface area contributed by atoms with Gasteiger partial charge in [-0.2, -0.15) is 0 Å². The van der Waals surface area contributed by atoms with Gasteiger partial charge in [-0.15, -0.1) is 0 Å². The summed E-state index contributed by atoms with van der Waals surface area (Å²) >= 11 is 0. The average Bonchev–Trinajstić information content (AvgIpc) is 2.00. The zero-order valence-corrected chi connectivity index (χ0v) is 8.64. The summed E-state index contributed by atoms with van der Waals surface area (Å²) in [5, 5.41) is 0. The van der Waals surface area contributed by atoms with Crippen molar-refractivity contribution < 1.29 is 0 Å². The van der Waals surface area contributed by atoms with Crippen LogP contribution in [0.4, 0.5) is 0 Å². The molecule has 0 fully saturated rings. The molecular formula is C10H22N2. The fourth-order valence-electron chi connectivity index (χ4n) is 1.51. The van der Waals surface area contributed by atoms with E-state index < -0.39 is 0 Å². The summed E-state index contributed by atoms with van der Waals surface area (Å²) in [5.74, 6) is 0.616. The van der Waals surface area contributed by atoms with Gasteiger partial charge in [0, 0.05) is 6.54 Å². The van der Waals surface area contributed by atoms with E-state index in [1.165, 1.54) is 6.42 Å². The Hall–Kier alpha value is -0.370. The van der Waals surface area contributed by atoms with E-state index in [1.807, 2.05) is 0 Å². The molecule has 2 N–H and O–H groups in total. The summed E-state index contributed by atoms with van der Waals surface area (Å²) in [4.78, 5) is 3.87. The van der Waals surface area contributed by atoms with E-state index in [0.29, 0.717) is 11.3 Å². The van der Waals surface area contributed by atoms with Crippen molar-refractivity contribution in [2.24, 2.45) is 22.1 Å². The van der Waals surface area contributed by atoms with Crippen LogP contribution >= 0.6 is 0 Å². The van der Waals surface area contributed by atoms with Crippen LogP contribution in [0.5, 0.6) is 0 Å². The van der Waals surface area contributed by atoms with Gasteiger partial charge in [0.15, 0.2) is 0 Å². The SMILES string of the molecule is C=NCCC(C)(C)CC(C)CN. The molecule has 0 heterocycles. The molecule has 0 saturated carbocycles. The lowest BCUT2D eigenvalue weighted by atomic mass is 9.81. The molecule has 2 heteroatoms. The third-order valence-electron chi connectivity index (χ3n) is 2.25. The van der Waals surface area contributed by atoms with Crippen molar-refractivity contribution >= 4 is 6.72 Å². The van der Waals surface area contributed by atoms with Gasteiger partial charge in [0.05, 0.1) is 0 Å². The molecule has 72 valence electrons. The molecule has 0 spiro atoms. The van der Waals surface area contributed by atoms with Crippen molar-refractivity contribution in [2.45, 2.75) is 33.6 Å². The average molecular weight is 170 g/mol. The van der Waals surface area contributed by atoms with E-state index in [-0.39, 0.29) is 0 Å². The Morgan fingerprint density at radius 2 is 2.08 bits per heavy atom. The highest BCUT2D eigenvalue weighted by Gasteiger charge is 2.19. The number of rotatable bonds is 6. The van der Waals surface area contributed by atoms with E-state index in [9.17, 15) is 0 Å². The number of aliphatic imine (C=N–C) groups is 1. The largest absolute Gasteiger partial charge is 0.330 e. The first-order valence-corrected chi connectivity index (χ1v) is 4.64. The van der Waals surface area contributed by atoms with Gasteiger partial charge in [-0.3, -0.25) is 0 Å². The van der Waals surface area contributed by atoms with Crippen molar-refractivity contribution in [1.29, 1.82) is 0 Å². The highest BCUT2D eigenvalue weighted by Crippen LogP contribution is 2.28. The second-order valence-electron chi connectivity index (χ2n) is 4.41. The van der Waals surface area contributed by atoms with Crippen LogP contribution in [0.3, 0.4) is 0 Å². The molecule has 0 amide bonds. The van der Waals surface area contributed by atoms with Gasteiger partial charge in [0.1, 0.15) is 0 Å². The fraction of sp³-hybridized carbons (Fsp3) is 0.900. The minimum Gasteiger partial charge on any atom is -0.330 e. The van der Waals surface area contributed by atoms with Gasteiger partial charge < -0.3 is 10.7 Å². The fourth-order valence-corrected chi connectivity index (χ4v) is 1.51. The molecule has 0 aromatic carbocycles. The van der Waals surface area contributed by atoms with Crippen molar-refractivity contribution in [1.82, 2.24) is 0 Å². The summed E-state index contributed by atoms with van der Waals surface area (Å²) < 4.78 is 0. The molecule has 0 aromatic rings. The van der Waals surface area contributed by atoms with E-state index in [0.717, 1.165) is 19.5 Å². The Balaban J connectivity index is 3.76. The summed E-state index contributed by atoms with van der Waals surface area (Å²) in [5.41, 5.74) is 5.93. The first-order chi connectivity index (χ1) is 5.52. The van der Waals surface area contributed by atoms with Gasteiger partial charge >= 0.3 is 0 Å². The molecule has 0 bridgehead atoms. The standard InChI is InChI=1S/C10H22N2/c1-9(8-11)7-10(2,3)5-6-12-4/h9H,4-8,11H2,1-3H3. The lowest BCUT2D eigenvalue weighted by Gasteiger charge is -2.26. The van der Waals surface area contributed by atoms with Crippen LogP contribution in [0, 0.1) is 11.3 Å². The summed E-state index contributed by atoms with van der Waals surface area (Å²) in [6.45, 7) is 11.9. The van der Waals surface area contributed by atoms with Crippen molar-refractivity contribution in [3.63, 3.8) is 0 Å². The molecule has 1 unspecified atom stereocenters. The Morgan fingerprint density at radius 3 is 2.50 bits per heavy atom. The van der Waals surface area contributed by atoms with Crippen LogP contribution in [0.1, 0.15) is 33.6 Å². The molecule has 0 aliphatic carbocycles. The maximum atomic E-state index is 5.57. The summed E-state index contributed by atoms with van der Waals surface area (Å²) in [6, 6.07) is 0. The maximum absolute atomic E-state index is 5.57. The van der Waals surface area contributed by atoms with Gasteiger partial charge in [-0.25, -0.2) is 0 Å². The second kappa shape index (κ2) is 5.31. The molecule has 0 rings (SSSR count). The zero-order chi connectivity index (χ0) is 9.61. The summed E-state index contributed by atoms with van der Waals surface area (Å²) in [7, 11) is 0. The number of hydrogen-bond acceptors (Lipinski definition) is 2. The van der Waals surface area contributed by atoms with Crippen LogP contribution in [-0.2, 0) is 0 Å². The topological polar surface area (TPSA) is 38.4 Å². The minimum absolute atomic E-state index is 0.361. The van der Waals surface area contributed by atoms with Gasteiger partial charge in [-0.05, 0) is 37.4 Å². The van der Waals surface area contributed by atoms with Crippen molar-refractivity contribution in [3.8, 4) is 0 Å². The lowest BCUT2D eigenvalue weighted by molar-refractivity contribution is 0.264. The first kappa shape index (κ1) is 11.6. The molecule has 0 aliphatic heterocycles. The van der Waals surface area contributed by atoms with Crippen LogP contribution in [-0.4, -0.2) is 19.8 Å². The van der Waals surface area contributed by atoms with Crippen molar-refractivity contribution in [2.75, 3.05) is 13.1 Å². The van der Waals surface area contributed by atoms with Gasteiger partial charge in [-0.1, -0.05) is 20.8 Å². The number of nitrogens with zero attached hydrogens (tertiary/aromatic N) is 1. The quantitative estimate of drug-likeness (QED) is 0.609. The van der Waals surface area contributed by atoms with E-state index in [2.05, 4.69) is 32.5 Å². The molecule has 12 heavy (non-hydrogen) atoms. The Bertz CT molecular complexity index is 130. The monoisotopic (exact) mass is 170 g/mol. The molecule has 0 radical (unpaired) electrons. The van der Waals surface area contributed by atoms with Crippen molar-refractivity contribution in [3.05, 3.63) is 0 Å². The molecule has 2 nitrogen and oxygen atoms in total. The predicted octanol–water partition coefficient (Wildman–Crippen LogP) is 2.09. The van der Waals surface area contributed by atoms with Crippen LogP contribution in [0.25, 0.3) is 0 Å². The third-order valence-corrected chi connectivity index (χ3v) is 2.25. The normalized spacial score (nSPS) is 14.3. The van der Waals surface area contributed by atoms with Gasteiger partial charge in [0.2, 0.25) is 0 Å². The van der Waals surface area contributed by atoms with Crippen LogP contribution in [0.2, 0.25) is 0 Å². The number of hydrogen-bond donors (Lipinski definition) is 1. The predicted molar refractivity (Wildman–Crippen MR) is 55.6 cm³/mol. The maximum Gasteiger partial charge on any atom is 0.0387 e. The van der Waals surface area contributed by atoms with E-state index in [1.54, 1.807) is 0 Å². The number of nitrogens with two attached hydrogens (primary N) is 1. The zero-order valence-electron chi connectivity index (χ0n) is 8.64. The Labute approximate surface area is 76.3 Å². The smallest absolute Gasteiger partial charge is 0.0387 e. The minimum atomic E-state index is 0.361. The lowest BCUT2D eigenvalue weighted by Crippen LogP contribution is -2.21. The molecule has 1 atom stereocenters. The molecular weight excluding hydrogens is 148 g/mol. The molecule has 0 aliphatic rings. The third kappa shape index (κ3) is 5.30. The van der Waals surface area contributed by atoms with E-state index in [4.69, 9.17) is 5.73 Å². The van der Waals surface area contributed by atoms with E-state index >= 15 is 0 Å². The highest BCUT2D eigenvalue weighted by molar-refractivity contribution is 5.23. The first-order valence-electron chi connectivity index (χ1n) is 4.64. The van der Waals surface area contributed by atoms with Crippen LogP contribution in [0.15, 0.2) is 4.99 Å². The summed E-state index contributed by atoms with van der Waals surface area (Å²) in [6.07, 6.45) is 2.29. The highest BCUT2D eigenvalue weighted by atomic mass is 14.7. The molecule has 0 aromatic heterocycles. The van der Waals surface area contributed by atoms with Crippen LogP contribution < -0.4 is 5.73 Å². The Morgan fingerprint density at radius 1 is 1.50 bits per heavy atom.